The van der Waals surface area contributed by atoms with Crippen LogP contribution in [0.2, 0.25) is 0 Å². The molecule has 128 valence electrons. The smallest absolute Gasteiger partial charge is 0.165 e. The van der Waals surface area contributed by atoms with Crippen molar-refractivity contribution in [3.05, 3.63) is 53.9 Å². The summed E-state index contributed by atoms with van der Waals surface area (Å²) < 4.78 is 24.8. The van der Waals surface area contributed by atoms with Crippen molar-refractivity contribution in [1.82, 2.24) is 14.9 Å². The van der Waals surface area contributed by atoms with Crippen LogP contribution in [0.25, 0.3) is 0 Å². The van der Waals surface area contributed by atoms with E-state index in [0.717, 1.165) is 37.6 Å². The van der Waals surface area contributed by atoms with Crippen molar-refractivity contribution in [1.29, 1.82) is 0 Å². The third-order valence-electron chi connectivity index (χ3n) is 3.99. The molecule has 0 unspecified atom stereocenters. The van der Waals surface area contributed by atoms with Crippen LogP contribution in [0.1, 0.15) is 24.0 Å². The molecular weight excluding hydrogens is 309 g/mol. The first kappa shape index (κ1) is 16.8. The lowest BCUT2D eigenvalue weighted by Gasteiger charge is -2.32. The molecule has 1 aliphatic rings. The molecule has 0 bridgehead atoms. The average molecular weight is 331 g/mol. The van der Waals surface area contributed by atoms with Gasteiger partial charge < -0.3 is 9.47 Å². The van der Waals surface area contributed by atoms with Crippen LogP contribution in [0.15, 0.2) is 36.5 Å². The Morgan fingerprint density at radius 2 is 2.21 bits per heavy atom. The van der Waals surface area contributed by atoms with E-state index in [9.17, 15) is 4.39 Å². The van der Waals surface area contributed by atoms with E-state index in [1.807, 2.05) is 13.0 Å². The van der Waals surface area contributed by atoms with E-state index < -0.39 is 0 Å². The van der Waals surface area contributed by atoms with Crippen LogP contribution in [0.5, 0.6) is 5.75 Å². The number of halogens is 1. The van der Waals surface area contributed by atoms with E-state index in [2.05, 4.69) is 14.9 Å². The van der Waals surface area contributed by atoms with Crippen molar-refractivity contribution in [2.24, 2.45) is 0 Å². The molecule has 1 aliphatic heterocycles. The Bertz CT molecular complexity index is 668. The molecule has 0 aliphatic carbocycles. The Morgan fingerprint density at radius 1 is 1.33 bits per heavy atom. The standard InChI is InChI=1S/C18H22FN3O2/c1-14-20-8-7-16(21-14)18-13-22(10-12-24-18)9-4-11-23-17-6-3-2-5-15(17)19/h2-3,5-8,18H,4,9-13H2,1H3/t18-/m0/s1. The molecule has 1 aromatic carbocycles. The summed E-state index contributed by atoms with van der Waals surface area (Å²) in [7, 11) is 0. The molecule has 5 nitrogen and oxygen atoms in total. The number of hydrogen-bond acceptors (Lipinski definition) is 5. The van der Waals surface area contributed by atoms with Crippen molar-refractivity contribution in [3.63, 3.8) is 0 Å². The Morgan fingerprint density at radius 3 is 3.04 bits per heavy atom. The second kappa shape index (κ2) is 8.17. The number of aromatic nitrogens is 2. The van der Waals surface area contributed by atoms with Gasteiger partial charge in [-0.05, 0) is 31.5 Å². The van der Waals surface area contributed by atoms with Crippen molar-refractivity contribution < 1.29 is 13.9 Å². The summed E-state index contributed by atoms with van der Waals surface area (Å²) in [5.74, 6) is 0.753. The van der Waals surface area contributed by atoms with Gasteiger partial charge in [-0.3, -0.25) is 4.90 Å². The van der Waals surface area contributed by atoms with Crippen LogP contribution in [0.3, 0.4) is 0 Å². The quantitative estimate of drug-likeness (QED) is 0.762. The highest BCUT2D eigenvalue weighted by Gasteiger charge is 2.22. The molecular formula is C18H22FN3O2. The summed E-state index contributed by atoms with van der Waals surface area (Å²) in [6, 6.07) is 8.39. The molecule has 0 saturated carbocycles. The minimum atomic E-state index is -0.317. The van der Waals surface area contributed by atoms with Crippen LogP contribution in [0.4, 0.5) is 4.39 Å². The lowest BCUT2D eigenvalue weighted by atomic mass is 10.2. The van der Waals surface area contributed by atoms with E-state index in [1.165, 1.54) is 6.07 Å². The van der Waals surface area contributed by atoms with Gasteiger partial charge >= 0.3 is 0 Å². The lowest BCUT2D eigenvalue weighted by Crippen LogP contribution is -2.39. The number of benzene rings is 1. The normalized spacial score (nSPS) is 18.5. The maximum absolute atomic E-state index is 13.5. The molecule has 24 heavy (non-hydrogen) atoms. The first-order valence-corrected chi connectivity index (χ1v) is 8.23. The van der Waals surface area contributed by atoms with Gasteiger partial charge in [-0.1, -0.05) is 12.1 Å². The predicted molar refractivity (Wildman–Crippen MR) is 88.4 cm³/mol. The third kappa shape index (κ3) is 4.49. The Labute approximate surface area is 141 Å². The van der Waals surface area contributed by atoms with E-state index in [-0.39, 0.29) is 11.9 Å². The van der Waals surface area contributed by atoms with Crippen LogP contribution < -0.4 is 4.74 Å². The number of rotatable bonds is 6. The minimum absolute atomic E-state index is 0.0204. The summed E-state index contributed by atoms with van der Waals surface area (Å²) in [5, 5.41) is 0. The van der Waals surface area contributed by atoms with Gasteiger partial charge in [0, 0.05) is 25.8 Å². The summed E-state index contributed by atoms with van der Waals surface area (Å²) in [6.07, 6.45) is 2.58. The Hall–Kier alpha value is -2.05. The second-order valence-electron chi connectivity index (χ2n) is 5.82. The monoisotopic (exact) mass is 331 g/mol. The van der Waals surface area contributed by atoms with Crippen LogP contribution in [-0.2, 0) is 4.74 Å². The average Bonchev–Trinajstić information content (AvgIpc) is 2.60. The van der Waals surface area contributed by atoms with Gasteiger partial charge in [-0.25, -0.2) is 14.4 Å². The van der Waals surface area contributed by atoms with Gasteiger partial charge in [-0.15, -0.1) is 0 Å². The van der Waals surface area contributed by atoms with Crippen molar-refractivity contribution in [2.45, 2.75) is 19.4 Å². The van der Waals surface area contributed by atoms with E-state index in [4.69, 9.17) is 9.47 Å². The fourth-order valence-corrected chi connectivity index (χ4v) is 2.77. The lowest BCUT2D eigenvalue weighted by molar-refractivity contribution is -0.0332. The van der Waals surface area contributed by atoms with Gasteiger partial charge in [0.2, 0.25) is 0 Å². The van der Waals surface area contributed by atoms with Crippen LogP contribution >= 0.6 is 0 Å². The Balaban J connectivity index is 1.45. The first-order valence-electron chi connectivity index (χ1n) is 8.23. The van der Waals surface area contributed by atoms with Crippen molar-refractivity contribution >= 4 is 0 Å². The van der Waals surface area contributed by atoms with Gasteiger partial charge in [0.05, 0.1) is 18.9 Å². The van der Waals surface area contributed by atoms with Gasteiger partial charge in [-0.2, -0.15) is 0 Å². The second-order valence-corrected chi connectivity index (χ2v) is 5.82. The van der Waals surface area contributed by atoms with E-state index in [0.29, 0.717) is 19.0 Å². The number of para-hydroxylation sites is 1. The van der Waals surface area contributed by atoms with Gasteiger partial charge in [0.25, 0.3) is 0 Å². The minimum Gasteiger partial charge on any atom is -0.490 e. The maximum atomic E-state index is 13.5. The number of hydrogen-bond donors (Lipinski definition) is 0. The SMILES string of the molecule is Cc1nccc([C@@H]2CN(CCCOc3ccccc3F)CCO2)n1. The first-order chi connectivity index (χ1) is 11.7. The molecule has 0 amide bonds. The molecule has 0 radical (unpaired) electrons. The molecule has 1 fully saturated rings. The highest BCUT2D eigenvalue weighted by atomic mass is 19.1. The third-order valence-corrected chi connectivity index (χ3v) is 3.99. The predicted octanol–water partition coefficient (Wildman–Crippen LogP) is 2.77. The number of aryl methyl sites for hydroxylation is 1. The molecule has 6 heteroatoms. The van der Waals surface area contributed by atoms with E-state index in [1.54, 1.807) is 24.4 Å². The summed E-state index contributed by atoms with van der Waals surface area (Å²) in [6.45, 7) is 5.64. The summed E-state index contributed by atoms with van der Waals surface area (Å²) in [5.41, 5.74) is 0.926. The molecule has 0 N–H and O–H groups in total. The van der Waals surface area contributed by atoms with Crippen LogP contribution in [-0.4, -0.2) is 47.7 Å². The zero-order valence-electron chi connectivity index (χ0n) is 13.8. The molecule has 2 aromatic rings. The number of nitrogens with zero attached hydrogens (tertiary/aromatic N) is 3. The molecule has 1 atom stereocenters. The highest BCUT2D eigenvalue weighted by Crippen LogP contribution is 2.20. The molecule has 1 saturated heterocycles. The molecule has 1 aromatic heterocycles. The maximum Gasteiger partial charge on any atom is 0.165 e. The molecule has 2 heterocycles. The van der Waals surface area contributed by atoms with Crippen molar-refractivity contribution in [2.75, 3.05) is 32.8 Å². The highest BCUT2D eigenvalue weighted by molar-refractivity contribution is 5.23. The van der Waals surface area contributed by atoms with Crippen LogP contribution in [0, 0.1) is 12.7 Å². The van der Waals surface area contributed by atoms with E-state index >= 15 is 0 Å². The molecule has 3 rings (SSSR count). The number of ether oxygens (including phenoxy) is 2. The Kier molecular flexibility index (Phi) is 5.72. The summed E-state index contributed by atoms with van der Waals surface area (Å²) in [4.78, 5) is 10.9. The van der Waals surface area contributed by atoms with Crippen molar-refractivity contribution in [3.8, 4) is 5.75 Å². The fraction of sp³-hybridized carbons (Fsp3) is 0.444. The largest absolute Gasteiger partial charge is 0.490 e. The zero-order valence-corrected chi connectivity index (χ0v) is 13.8. The number of morpholine rings is 1. The molecule has 0 spiro atoms. The van der Waals surface area contributed by atoms with Gasteiger partial charge in [0.1, 0.15) is 11.9 Å². The van der Waals surface area contributed by atoms with Gasteiger partial charge in [0.15, 0.2) is 11.6 Å². The fourth-order valence-electron chi connectivity index (χ4n) is 2.77. The topological polar surface area (TPSA) is 47.5 Å². The zero-order chi connectivity index (χ0) is 16.8. The summed E-state index contributed by atoms with van der Waals surface area (Å²) >= 11 is 0.